The van der Waals surface area contributed by atoms with Crippen LogP contribution in [-0.4, -0.2) is 57.5 Å². The Morgan fingerprint density at radius 1 is 1.13 bits per heavy atom. The number of hydrogen-bond donors (Lipinski definition) is 3. The number of anilines is 4. The van der Waals surface area contributed by atoms with E-state index in [1.165, 1.54) is 20.2 Å². The van der Waals surface area contributed by atoms with Gasteiger partial charge >= 0.3 is 13.8 Å². The van der Waals surface area contributed by atoms with Gasteiger partial charge < -0.3 is 29.7 Å². The van der Waals surface area contributed by atoms with E-state index < -0.39 is 31.1 Å². The van der Waals surface area contributed by atoms with Gasteiger partial charge in [-0.3, -0.25) is 14.0 Å². The van der Waals surface area contributed by atoms with Crippen molar-refractivity contribution in [2.75, 3.05) is 31.4 Å². The minimum atomic E-state index is -4.83. The number of nitrogens with zero attached hydrogens (tertiary/aromatic N) is 5. The Hall–Kier alpha value is -4.53. The number of nitrogens with one attached hydrogen (secondary N) is 3. The molecule has 0 radical (unpaired) electrons. The molecule has 0 fully saturated rings. The van der Waals surface area contributed by atoms with Crippen molar-refractivity contribution in [1.29, 1.82) is 0 Å². The fraction of sp³-hybridized carbons (Fsp3) is 0.345. The molecule has 0 spiro atoms. The molecule has 46 heavy (non-hydrogen) atoms. The number of methoxy groups -OCH3 is 1. The van der Waals surface area contributed by atoms with E-state index in [1.54, 1.807) is 55.2 Å². The summed E-state index contributed by atoms with van der Waals surface area (Å²) in [5, 5.41) is 12.3. The molecule has 4 aliphatic rings. The van der Waals surface area contributed by atoms with Crippen molar-refractivity contribution in [2.24, 2.45) is 0 Å². The van der Waals surface area contributed by atoms with Crippen LogP contribution in [0.4, 0.5) is 36.3 Å². The lowest BCUT2D eigenvalue weighted by Gasteiger charge is -2.21. The second kappa shape index (κ2) is 13.4. The number of rotatable bonds is 4. The van der Waals surface area contributed by atoms with Gasteiger partial charge in [0, 0.05) is 31.5 Å². The summed E-state index contributed by atoms with van der Waals surface area (Å²) in [7, 11) is -0.814. The number of ether oxygens (including phenoxy) is 1. The van der Waals surface area contributed by atoms with Gasteiger partial charge in [0.25, 0.3) is 5.91 Å². The Kier molecular flexibility index (Phi) is 9.60. The zero-order chi connectivity index (χ0) is 33.1. The number of aryl methyl sites for hydroxylation is 1. The van der Waals surface area contributed by atoms with Crippen molar-refractivity contribution < 1.29 is 36.3 Å². The van der Waals surface area contributed by atoms with Crippen molar-refractivity contribution in [3.8, 4) is 17.0 Å². The minimum absolute atomic E-state index is 0.0140. The Morgan fingerprint density at radius 2 is 1.91 bits per heavy atom. The molecule has 8 rings (SSSR count). The zero-order valence-corrected chi connectivity index (χ0v) is 26.3. The summed E-state index contributed by atoms with van der Waals surface area (Å²) in [6.07, 6.45) is -0.910. The molecule has 7 heterocycles. The number of halogens is 3. The average molecular weight is 661 g/mol. The van der Waals surface area contributed by atoms with Crippen molar-refractivity contribution >= 4 is 36.6 Å². The summed E-state index contributed by atoms with van der Waals surface area (Å²) in [5.41, 5.74) is 0.495. The van der Waals surface area contributed by atoms with E-state index >= 15 is 0 Å². The van der Waals surface area contributed by atoms with Crippen LogP contribution < -0.4 is 20.7 Å². The van der Waals surface area contributed by atoms with E-state index in [9.17, 15) is 22.5 Å². The third kappa shape index (κ3) is 7.63. The first-order chi connectivity index (χ1) is 21.9. The molecule has 4 aromatic rings. The van der Waals surface area contributed by atoms with E-state index in [4.69, 9.17) is 13.8 Å². The molecule has 0 aliphatic carbocycles. The van der Waals surface area contributed by atoms with Gasteiger partial charge in [-0.15, -0.1) is 0 Å². The van der Waals surface area contributed by atoms with Gasteiger partial charge in [0.15, 0.2) is 5.69 Å². The summed E-state index contributed by atoms with van der Waals surface area (Å²) in [5.74, 6) is -1.16. The first-order valence-corrected chi connectivity index (χ1v) is 15.9. The number of carbonyl (C=O) groups excluding carboxylic acids is 1. The molecule has 0 saturated heterocycles. The minimum Gasteiger partial charge on any atom is -0.495 e. The lowest BCUT2D eigenvalue weighted by Crippen LogP contribution is -2.21. The van der Waals surface area contributed by atoms with Crippen LogP contribution in [0.15, 0.2) is 48.9 Å². The molecule has 244 valence electrons. The maximum absolute atomic E-state index is 14.1. The molecule has 1 atom stereocenters. The molecule has 1 amide bonds. The van der Waals surface area contributed by atoms with E-state index in [0.717, 1.165) is 0 Å². The highest BCUT2D eigenvalue weighted by Gasteiger charge is 2.36. The second-order valence-corrected chi connectivity index (χ2v) is 12.5. The van der Waals surface area contributed by atoms with Crippen LogP contribution in [0.1, 0.15) is 41.9 Å². The number of carbonyl (C=O) groups is 1. The molecule has 13 nitrogen and oxygen atoms in total. The highest BCUT2D eigenvalue weighted by Crippen LogP contribution is 2.53. The summed E-state index contributed by atoms with van der Waals surface area (Å²) in [4.78, 5) is 25.2. The number of hydrogen-bond acceptors (Lipinski definition) is 11. The van der Waals surface area contributed by atoms with Crippen LogP contribution in [0.25, 0.3) is 11.3 Å². The highest BCUT2D eigenvalue weighted by molar-refractivity contribution is 7.53. The first-order valence-electron chi connectivity index (χ1n) is 14.2. The Labute approximate surface area is 262 Å². The first kappa shape index (κ1) is 32.9. The van der Waals surface area contributed by atoms with Gasteiger partial charge in [-0.2, -0.15) is 23.3 Å². The summed E-state index contributed by atoms with van der Waals surface area (Å²) < 4.78 is 74.7. The SMILES string of the molecule is CNC(=O)c1nc2ccc1Nc1nc(ncc1C(F)(F)F)Nc1ccc(cc1OC)C[P@](=O)(OC(C)C)OCCCn1cc-2cn1. The Balaban J connectivity index is 1.62. The normalized spacial score (nSPS) is 17.0. The molecule has 8 bridgehead atoms. The smallest absolute Gasteiger partial charge is 0.421 e. The van der Waals surface area contributed by atoms with Crippen molar-refractivity contribution in [3.05, 3.63) is 65.7 Å². The van der Waals surface area contributed by atoms with Gasteiger partial charge in [0.1, 0.15) is 17.1 Å². The molecule has 3 N–H and O–H groups in total. The molecule has 3 aromatic heterocycles. The maximum Gasteiger partial charge on any atom is 0.421 e. The third-order valence-corrected chi connectivity index (χ3v) is 8.76. The number of pyridine rings is 1. The predicted molar refractivity (Wildman–Crippen MR) is 164 cm³/mol. The summed E-state index contributed by atoms with van der Waals surface area (Å²) in [6, 6.07) is 7.85. The predicted octanol–water partition coefficient (Wildman–Crippen LogP) is 6.15. The Bertz CT molecular complexity index is 1780. The van der Waals surface area contributed by atoms with E-state index in [1.807, 2.05) is 0 Å². The molecular formula is C29H32F3N8O5P. The van der Waals surface area contributed by atoms with Gasteiger partial charge in [-0.1, -0.05) is 6.07 Å². The number of amides is 1. The summed E-state index contributed by atoms with van der Waals surface area (Å²) in [6.45, 7) is 4.05. The molecule has 4 aliphatic heterocycles. The molecular weight excluding hydrogens is 628 g/mol. The van der Waals surface area contributed by atoms with Crippen LogP contribution in [0.2, 0.25) is 0 Å². The van der Waals surface area contributed by atoms with E-state index in [0.29, 0.717) is 41.7 Å². The topological polar surface area (TPSA) is 154 Å². The van der Waals surface area contributed by atoms with Crippen LogP contribution >= 0.6 is 7.60 Å². The van der Waals surface area contributed by atoms with Crippen LogP contribution in [0, 0.1) is 0 Å². The fourth-order valence-corrected chi connectivity index (χ4v) is 6.57. The zero-order valence-electron chi connectivity index (χ0n) is 25.4. The standard InChI is InChI=1S/C29H32F3N8O5P/c1-17(2)45-46(42)16-18-6-7-22(24(12-18)43-4)38-28-34-14-20(29(30,31)32)26(39-28)37-23-9-8-21(36-25(23)27(41)33-3)19-13-35-40(15-19)10-5-11-44-46/h6-9,12-15,17H,5,10-11,16H2,1-4H3,(H,33,41)(H2,34,37,38,39)/t46-/m1/s1. The number of alkyl halides is 3. The quantitative estimate of drug-likeness (QED) is 0.216. The highest BCUT2D eigenvalue weighted by atomic mass is 31.2. The molecule has 0 unspecified atom stereocenters. The molecule has 1 aromatic carbocycles. The van der Waals surface area contributed by atoms with Crippen LogP contribution in [0.5, 0.6) is 5.75 Å². The van der Waals surface area contributed by atoms with Gasteiger partial charge in [0.05, 0.1) is 49.2 Å². The lowest BCUT2D eigenvalue weighted by atomic mass is 10.1. The molecule has 17 heteroatoms. The third-order valence-electron chi connectivity index (χ3n) is 6.69. The second-order valence-electron chi connectivity index (χ2n) is 10.5. The monoisotopic (exact) mass is 660 g/mol. The fourth-order valence-electron chi connectivity index (χ4n) is 4.65. The van der Waals surface area contributed by atoms with Crippen LogP contribution in [0.3, 0.4) is 0 Å². The van der Waals surface area contributed by atoms with E-state index in [2.05, 4.69) is 36.0 Å². The average Bonchev–Trinajstić information content (AvgIpc) is 3.47. The lowest BCUT2D eigenvalue weighted by molar-refractivity contribution is -0.137. The summed E-state index contributed by atoms with van der Waals surface area (Å²) >= 11 is 0. The Morgan fingerprint density at radius 3 is 2.63 bits per heavy atom. The van der Waals surface area contributed by atoms with Gasteiger partial charge in [-0.25, -0.2) is 9.97 Å². The number of aromatic nitrogens is 5. The number of benzene rings is 1. The molecule has 0 saturated carbocycles. The van der Waals surface area contributed by atoms with Gasteiger partial charge in [-0.05, 0) is 50.1 Å². The van der Waals surface area contributed by atoms with Crippen LogP contribution in [-0.2, 0) is 32.5 Å². The van der Waals surface area contributed by atoms with Gasteiger partial charge in [0.2, 0.25) is 5.95 Å². The van der Waals surface area contributed by atoms with Crippen molar-refractivity contribution in [2.45, 2.75) is 45.3 Å². The van der Waals surface area contributed by atoms with Crippen molar-refractivity contribution in [3.63, 3.8) is 0 Å². The van der Waals surface area contributed by atoms with E-state index in [-0.39, 0.29) is 42.0 Å². The maximum atomic E-state index is 14.1. The van der Waals surface area contributed by atoms with Crippen molar-refractivity contribution in [1.82, 2.24) is 30.0 Å². The largest absolute Gasteiger partial charge is 0.495 e.